The molecule has 0 unspecified atom stereocenters. The molecule has 1 aromatic carbocycles. The van der Waals surface area contributed by atoms with Crippen LogP contribution in [-0.2, 0) is 11.2 Å². The smallest absolute Gasteiger partial charge is 0.315 e. The number of pyridine rings is 1. The van der Waals surface area contributed by atoms with Crippen LogP contribution in [-0.4, -0.2) is 36.8 Å². The number of nitrogens with one attached hydrogen (secondary N) is 3. The van der Waals surface area contributed by atoms with Crippen molar-refractivity contribution in [2.24, 2.45) is 0 Å². The summed E-state index contributed by atoms with van der Waals surface area (Å²) in [6.45, 7) is 5.86. The zero-order valence-corrected chi connectivity index (χ0v) is 14.8. The fourth-order valence-electron chi connectivity index (χ4n) is 3.29. The molecule has 1 saturated heterocycles. The van der Waals surface area contributed by atoms with Crippen LogP contribution in [0.4, 0.5) is 4.79 Å². The first kappa shape index (κ1) is 17.5. The zero-order valence-electron chi connectivity index (χ0n) is 14.8. The molecular weight excluding hydrogens is 318 g/mol. The number of carbonyl (C=O) groups excluding carboxylic acids is 1. The number of amides is 2. The van der Waals surface area contributed by atoms with Crippen molar-refractivity contribution in [2.45, 2.75) is 39.2 Å². The van der Waals surface area contributed by atoms with Crippen molar-refractivity contribution in [1.82, 2.24) is 15.6 Å². The Morgan fingerprint density at radius 3 is 2.76 bits per heavy atom. The number of H-pyrrole nitrogens is 1. The van der Waals surface area contributed by atoms with Crippen LogP contribution in [0.5, 0.6) is 0 Å². The number of ether oxygens (including phenoxy) is 1. The van der Waals surface area contributed by atoms with Crippen LogP contribution in [0.2, 0.25) is 0 Å². The standard InChI is InChI=1S/C19H25N3O3/c1-12-9-13(2)16-11-14(18(23)22-17(16)10-12)3-6-20-19(24)21-15-4-7-25-8-5-15/h9-11,15H,3-8H2,1-2H3,(H,22,23)(H2,20,21,24). The number of hydrogen-bond donors (Lipinski definition) is 3. The highest BCUT2D eigenvalue weighted by Gasteiger charge is 2.15. The highest BCUT2D eigenvalue weighted by Crippen LogP contribution is 2.18. The number of hydrogen-bond acceptors (Lipinski definition) is 3. The third-order valence-corrected chi connectivity index (χ3v) is 4.63. The second kappa shape index (κ2) is 7.70. The summed E-state index contributed by atoms with van der Waals surface area (Å²) in [7, 11) is 0. The van der Waals surface area contributed by atoms with Crippen LogP contribution in [0, 0.1) is 13.8 Å². The molecule has 1 aliphatic heterocycles. The SMILES string of the molecule is Cc1cc(C)c2cc(CCNC(=O)NC3CCOCC3)c(=O)[nH]c2c1. The fourth-order valence-corrected chi connectivity index (χ4v) is 3.29. The van der Waals surface area contributed by atoms with Gasteiger partial charge in [0.05, 0.1) is 0 Å². The van der Waals surface area contributed by atoms with Crippen molar-refractivity contribution >= 4 is 16.9 Å². The molecule has 0 spiro atoms. The molecule has 2 amide bonds. The van der Waals surface area contributed by atoms with Crippen LogP contribution in [0.3, 0.4) is 0 Å². The van der Waals surface area contributed by atoms with E-state index in [9.17, 15) is 9.59 Å². The van der Waals surface area contributed by atoms with Gasteiger partial charge in [0.1, 0.15) is 0 Å². The Hall–Kier alpha value is -2.34. The van der Waals surface area contributed by atoms with E-state index in [4.69, 9.17) is 4.74 Å². The van der Waals surface area contributed by atoms with Gasteiger partial charge in [0, 0.05) is 42.3 Å². The molecule has 6 heteroatoms. The molecule has 2 aromatic rings. The van der Waals surface area contributed by atoms with E-state index >= 15 is 0 Å². The molecule has 0 saturated carbocycles. The summed E-state index contributed by atoms with van der Waals surface area (Å²) in [5, 5.41) is 6.83. The average Bonchev–Trinajstić information content (AvgIpc) is 2.56. The van der Waals surface area contributed by atoms with Crippen LogP contribution >= 0.6 is 0 Å². The van der Waals surface area contributed by atoms with E-state index in [-0.39, 0.29) is 17.6 Å². The lowest BCUT2D eigenvalue weighted by Gasteiger charge is -2.23. The van der Waals surface area contributed by atoms with Gasteiger partial charge in [-0.15, -0.1) is 0 Å². The number of aromatic nitrogens is 1. The second-order valence-corrected chi connectivity index (χ2v) is 6.70. The monoisotopic (exact) mass is 343 g/mol. The van der Waals surface area contributed by atoms with Gasteiger partial charge < -0.3 is 20.4 Å². The third kappa shape index (κ3) is 4.39. The number of benzene rings is 1. The predicted molar refractivity (Wildman–Crippen MR) is 98.1 cm³/mol. The Balaban J connectivity index is 1.60. The lowest BCUT2D eigenvalue weighted by molar-refractivity contribution is 0.0801. The molecule has 134 valence electrons. The minimum Gasteiger partial charge on any atom is -0.381 e. The molecule has 0 radical (unpaired) electrons. The summed E-state index contributed by atoms with van der Waals surface area (Å²) in [5.41, 5.74) is 3.71. The summed E-state index contributed by atoms with van der Waals surface area (Å²) >= 11 is 0. The molecule has 6 nitrogen and oxygen atoms in total. The van der Waals surface area contributed by atoms with Crippen LogP contribution in [0.15, 0.2) is 23.0 Å². The second-order valence-electron chi connectivity index (χ2n) is 6.70. The van der Waals surface area contributed by atoms with Crippen molar-refractivity contribution in [3.63, 3.8) is 0 Å². The van der Waals surface area contributed by atoms with Crippen molar-refractivity contribution in [3.8, 4) is 0 Å². The summed E-state index contributed by atoms with van der Waals surface area (Å²) in [6, 6.07) is 6.00. The van der Waals surface area contributed by atoms with E-state index < -0.39 is 0 Å². The van der Waals surface area contributed by atoms with E-state index in [0.29, 0.717) is 31.7 Å². The summed E-state index contributed by atoms with van der Waals surface area (Å²) < 4.78 is 5.28. The van der Waals surface area contributed by atoms with E-state index in [1.807, 2.05) is 26.0 Å². The van der Waals surface area contributed by atoms with Gasteiger partial charge in [-0.2, -0.15) is 0 Å². The first-order chi connectivity index (χ1) is 12.0. The Bertz CT molecular complexity index is 823. The number of fused-ring (bicyclic) bond motifs is 1. The van der Waals surface area contributed by atoms with Crippen molar-refractivity contribution < 1.29 is 9.53 Å². The normalized spacial score (nSPS) is 15.3. The third-order valence-electron chi connectivity index (χ3n) is 4.63. The van der Waals surface area contributed by atoms with Gasteiger partial charge in [0.2, 0.25) is 0 Å². The fraction of sp³-hybridized carbons (Fsp3) is 0.474. The van der Waals surface area contributed by atoms with Gasteiger partial charge in [-0.05, 0) is 56.4 Å². The Labute approximate surface area is 147 Å². The summed E-state index contributed by atoms with van der Waals surface area (Å²) in [4.78, 5) is 27.1. The van der Waals surface area contributed by atoms with Gasteiger partial charge in [0.15, 0.2) is 0 Å². The average molecular weight is 343 g/mol. The summed E-state index contributed by atoms with van der Waals surface area (Å²) in [6.07, 6.45) is 2.19. The van der Waals surface area contributed by atoms with Crippen LogP contribution < -0.4 is 16.2 Å². The van der Waals surface area contributed by atoms with E-state index in [0.717, 1.165) is 34.9 Å². The molecule has 25 heavy (non-hydrogen) atoms. The number of urea groups is 1. The maximum Gasteiger partial charge on any atom is 0.315 e. The Morgan fingerprint density at radius 2 is 2.00 bits per heavy atom. The number of aromatic amines is 1. The predicted octanol–water partition coefficient (Wildman–Crippen LogP) is 2.17. The van der Waals surface area contributed by atoms with Crippen molar-refractivity contribution in [1.29, 1.82) is 0 Å². The highest BCUT2D eigenvalue weighted by atomic mass is 16.5. The number of aryl methyl sites for hydroxylation is 2. The maximum absolute atomic E-state index is 12.3. The van der Waals surface area contributed by atoms with Gasteiger partial charge in [-0.25, -0.2) is 4.79 Å². The maximum atomic E-state index is 12.3. The Morgan fingerprint density at radius 1 is 1.24 bits per heavy atom. The lowest BCUT2D eigenvalue weighted by atomic mass is 10.0. The van der Waals surface area contributed by atoms with E-state index in [1.54, 1.807) is 0 Å². The van der Waals surface area contributed by atoms with Crippen molar-refractivity contribution in [2.75, 3.05) is 19.8 Å². The minimum atomic E-state index is -0.184. The molecular formula is C19H25N3O3. The zero-order chi connectivity index (χ0) is 17.8. The summed E-state index contributed by atoms with van der Waals surface area (Å²) in [5.74, 6) is 0. The van der Waals surface area contributed by atoms with Gasteiger partial charge >= 0.3 is 6.03 Å². The van der Waals surface area contributed by atoms with Crippen molar-refractivity contribution in [3.05, 3.63) is 45.2 Å². The molecule has 1 aromatic heterocycles. The lowest BCUT2D eigenvalue weighted by Crippen LogP contribution is -2.45. The molecule has 0 atom stereocenters. The number of rotatable bonds is 4. The van der Waals surface area contributed by atoms with Crippen LogP contribution in [0.25, 0.3) is 10.9 Å². The Kier molecular flexibility index (Phi) is 5.38. The quantitative estimate of drug-likeness (QED) is 0.795. The molecule has 0 bridgehead atoms. The largest absolute Gasteiger partial charge is 0.381 e. The molecule has 3 rings (SSSR count). The molecule has 3 N–H and O–H groups in total. The first-order valence-corrected chi connectivity index (χ1v) is 8.78. The topological polar surface area (TPSA) is 83.2 Å². The van der Waals surface area contributed by atoms with Crippen LogP contribution in [0.1, 0.15) is 29.5 Å². The first-order valence-electron chi connectivity index (χ1n) is 8.78. The van der Waals surface area contributed by atoms with Gasteiger partial charge in [0.25, 0.3) is 5.56 Å². The highest BCUT2D eigenvalue weighted by molar-refractivity contribution is 5.83. The van der Waals surface area contributed by atoms with Gasteiger partial charge in [-0.1, -0.05) is 6.07 Å². The van der Waals surface area contributed by atoms with E-state index in [1.165, 1.54) is 0 Å². The molecule has 2 heterocycles. The minimum absolute atomic E-state index is 0.0934. The molecule has 1 fully saturated rings. The molecule has 0 aliphatic carbocycles. The van der Waals surface area contributed by atoms with Gasteiger partial charge in [-0.3, -0.25) is 4.79 Å². The van der Waals surface area contributed by atoms with E-state index in [2.05, 4.69) is 21.7 Å². The number of carbonyl (C=O) groups is 1. The molecule has 1 aliphatic rings.